The highest BCUT2D eigenvalue weighted by molar-refractivity contribution is 6.12. The number of para-hydroxylation sites is 2. The number of aromatic nitrogens is 2. The summed E-state index contributed by atoms with van der Waals surface area (Å²) in [6, 6.07) is 46.3. The third-order valence-corrected chi connectivity index (χ3v) is 10.4. The first kappa shape index (κ1) is 33.3. The fourth-order valence-corrected chi connectivity index (χ4v) is 7.99. The molecule has 0 saturated carbocycles. The van der Waals surface area contributed by atoms with Crippen LogP contribution in [-0.2, 0) is 6.18 Å². The van der Waals surface area contributed by atoms with Crippen LogP contribution < -0.4 is 0 Å². The Bertz CT molecular complexity index is 3200. The fraction of sp³-hybridized carbons (Fsp3) is 0.0426. The summed E-state index contributed by atoms with van der Waals surface area (Å²) < 4.78 is 48.0. The SMILES string of the molecule is [C-]#[N+]c1ccc2c(c1)c1ccccc1n2-c1cc(-c2c(C)cccc2C(F)(F)F)ccc1-c1ccc(C#N)cc1-n1c2ccccc2c2cc(C#N)ccc21. The molecular weight excluding hydrogens is 692 g/mol. The van der Waals surface area contributed by atoms with Gasteiger partial charge in [0.2, 0.25) is 0 Å². The molecule has 0 unspecified atom stereocenters. The lowest BCUT2D eigenvalue weighted by Gasteiger charge is -2.21. The molecule has 0 aliphatic heterocycles. The molecule has 0 fully saturated rings. The molecule has 7 aromatic carbocycles. The molecule has 8 heteroatoms. The molecule has 0 bridgehead atoms. The summed E-state index contributed by atoms with van der Waals surface area (Å²) in [7, 11) is 0. The van der Waals surface area contributed by atoms with Crippen molar-refractivity contribution < 1.29 is 13.2 Å². The van der Waals surface area contributed by atoms with E-state index in [2.05, 4.69) is 26.1 Å². The molecule has 0 aliphatic carbocycles. The van der Waals surface area contributed by atoms with Crippen LogP contribution in [0.25, 0.3) is 82.1 Å². The van der Waals surface area contributed by atoms with Gasteiger partial charge in [-0.1, -0.05) is 72.8 Å². The number of nitriles is 2. The van der Waals surface area contributed by atoms with Crippen molar-refractivity contribution in [3.8, 4) is 45.8 Å². The third-order valence-electron chi connectivity index (χ3n) is 10.4. The number of fused-ring (bicyclic) bond motifs is 6. The average molecular weight is 718 g/mol. The van der Waals surface area contributed by atoms with E-state index in [1.54, 1.807) is 37.3 Å². The van der Waals surface area contributed by atoms with Gasteiger partial charge < -0.3 is 9.13 Å². The smallest absolute Gasteiger partial charge is 0.309 e. The first-order valence-corrected chi connectivity index (χ1v) is 17.4. The zero-order valence-electron chi connectivity index (χ0n) is 29.1. The van der Waals surface area contributed by atoms with Crippen LogP contribution in [0.15, 0.2) is 140 Å². The summed E-state index contributed by atoms with van der Waals surface area (Å²) in [5.74, 6) is 0. The van der Waals surface area contributed by atoms with Crippen LogP contribution in [0.1, 0.15) is 22.3 Å². The van der Waals surface area contributed by atoms with Crippen molar-refractivity contribution in [2.24, 2.45) is 0 Å². The van der Waals surface area contributed by atoms with Gasteiger partial charge in [0.15, 0.2) is 5.69 Å². The number of hydrogen-bond acceptors (Lipinski definition) is 2. The minimum Gasteiger partial charge on any atom is -0.309 e. The van der Waals surface area contributed by atoms with Crippen LogP contribution in [0.5, 0.6) is 0 Å². The minimum atomic E-state index is -4.59. The number of rotatable bonds is 4. The second-order valence-electron chi connectivity index (χ2n) is 13.4. The fourth-order valence-electron chi connectivity index (χ4n) is 7.99. The molecule has 9 aromatic rings. The summed E-state index contributed by atoms with van der Waals surface area (Å²) >= 11 is 0. The summed E-state index contributed by atoms with van der Waals surface area (Å²) in [6.07, 6.45) is -4.59. The van der Waals surface area contributed by atoms with Gasteiger partial charge in [0, 0.05) is 27.3 Å². The Balaban J connectivity index is 1.43. The lowest BCUT2D eigenvalue weighted by Crippen LogP contribution is -2.08. The number of benzene rings is 7. The van der Waals surface area contributed by atoms with Gasteiger partial charge in [-0.15, -0.1) is 0 Å². The zero-order valence-corrected chi connectivity index (χ0v) is 29.1. The van der Waals surface area contributed by atoms with Crippen LogP contribution in [0, 0.1) is 36.2 Å². The van der Waals surface area contributed by atoms with E-state index in [9.17, 15) is 23.7 Å². The van der Waals surface area contributed by atoms with Gasteiger partial charge in [-0.25, -0.2) is 4.85 Å². The van der Waals surface area contributed by atoms with Crippen molar-refractivity contribution >= 4 is 49.3 Å². The van der Waals surface area contributed by atoms with Crippen molar-refractivity contribution in [1.29, 1.82) is 10.5 Å². The molecule has 2 heterocycles. The van der Waals surface area contributed by atoms with E-state index in [0.717, 1.165) is 55.2 Å². The first-order chi connectivity index (χ1) is 26.7. The largest absolute Gasteiger partial charge is 0.417 e. The summed E-state index contributed by atoms with van der Waals surface area (Å²) in [6.45, 7) is 9.39. The highest BCUT2D eigenvalue weighted by Crippen LogP contribution is 2.45. The Morgan fingerprint density at radius 3 is 1.75 bits per heavy atom. The van der Waals surface area contributed by atoms with Gasteiger partial charge in [0.1, 0.15) is 0 Å². The number of halogens is 3. The standard InChI is InChI=1S/C47H26F3N5/c1-28-8-7-11-39(47(48,49)50)46(28)31-16-19-36(45(24-31)55-41-13-6-4-10-34(41)38-25-32(53-2)17-21-43(38)55)35-18-14-30(27-52)23-44(35)54-40-12-5-3-9-33(40)37-22-29(26-51)15-20-42(37)54/h3-25H,1H3. The van der Waals surface area contributed by atoms with Crippen LogP contribution in [-0.4, -0.2) is 9.13 Å². The highest BCUT2D eigenvalue weighted by atomic mass is 19.4. The molecule has 55 heavy (non-hydrogen) atoms. The average Bonchev–Trinajstić information content (AvgIpc) is 3.72. The van der Waals surface area contributed by atoms with E-state index in [-0.39, 0.29) is 5.56 Å². The van der Waals surface area contributed by atoms with E-state index in [1.165, 1.54) is 6.07 Å². The minimum absolute atomic E-state index is 0.0922. The monoisotopic (exact) mass is 717 g/mol. The molecule has 0 atom stereocenters. The maximum absolute atomic E-state index is 14.6. The van der Waals surface area contributed by atoms with Gasteiger partial charge >= 0.3 is 6.18 Å². The Morgan fingerprint density at radius 2 is 1.11 bits per heavy atom. The third kappa shape index (κ3) is 5.22. The summed E-state index contributed by atoms with van der Waals surface area (Å²) in [4.78, 5) is 3.68. The van der Waals surface area contributed by atoms with Gasteiger partial charge in [0.25, 0.3) is 0 Å². The Labute approximate surface area is 313 Å². The van der Waals surface area contributed by atoms with Crippen LogP contribution in [0.3, 0.4) is 0 Å². The molecule has 9 rings (SSSR count). The number of aryl methyl sites for hydroxylation is 1. The lowest BCUT2D eigenvalue weighted by molar-refractivity contribution is -0.137. The maximum atomic E-state index is 14.6. The topological polar surface area (TPSA) is 61.8 Å². The van der Waals surface area contributed by atoms with Crippen LogP contribution in [0.2, 0.25) is 0 Å². The van der Waals surface area contributed by atoms with Crippen molar-refractivity contribution in [3.05, 3.63) is 173 Å². The van der Waals surface area contributed by atoms with E-state index < -0.39 is 11.7 Å². The van der Waals surface area contributed by atoms with Crippen molar-refractivity contribution in [2.45, 2.75) is 13.1 Å². The van der Waals surface area contributed by atoms with Crippen molar-refractivity contribution in [1.82, 2.24) is 9.13 Å². The van der Waals surface area contributed by atoms with Crippen LogP contribution in [0.4, 0.5) is 18.9 Å². The summed E-state index contributed by atoms with van der Waals surface area (Å²) in [5.41, 5.74) is 7.69. The van der Waals surface area contributed by atoms with Gasteiger partial charge in [-0.05, 0) is 95.7 Å². The summed E-state index contributed by atoms with van der Waals surface area (Å²) in [5, 5.41) is 23.5. The predicted octanol–water partition coefficient (Wildman–Crippen LogP) is 12.8. The van der Waals surface area contributed by atoms with Gasteiger partial charge in [-0.2, -0.15) is 23.7 Å². The van der Waals surface area contributed by atoms with E-state index in [4.69, 9.17) is 6.57 Å². The Morgan fingerprint density at radius 1 is 0.564 bits per heavy atom. The lowest BCUT2D eigenvalue weighted by atomic mass is 9.91. The normalized spacial score (nSPS) is 11.6. The number of nitrogens with zero attached hydrogens (tertiary/aromatic N) is 5. The van der Waals surface area contributed by atoms with Crippen molar-refractivity contribution in [3.63, 3.8) is 0 Å². The molecule has 260 valence electrons. The maximum Gasteiger partial charge on any atom is 0.417 e. The van der Waals surface area contributed by atoms with E-state index >= 15 is 0 Å². The van der Waals surface area contributed by atoms with Crippen molar-refractivity contribution in [2.75, 3.05) is 0 Å². The second kappa shape index (κ2) is 12.5. The molecule has 0 spiro atoms. The van der Waals surface area contributed by atoms with Gasteiger partial charge in [0.05, 0.1) is 68.8 Å². The Hall–Kier alpha value is -7.60. The number of hydrogen-bond donors (Lipinski definition) is 0. The predicted molar refractivity (Wildman–Crippen MR) is 211 cm³/mol. The molecule has 0 N–H and O–H groups in total. The van der Waals surface area contributed by atoms with Gasteiger partial charge in [-0.3, -0.25) is 0 Å². The quantitative estimate of drug-likeness (QED) is 0.170. The zero-order chi connectivity index (χ0) is 38.0. The molecule has 2 aromatic heterocycles. The second-order valence-corrected chi connectivity index (χ2v) is 13.4. The van der Waals surface area contributed by atoms with Crippen LogP contribution >= 0.6 is 0 Å². The molecule has 0 radical (unpaired) electrons. The highest BCUT2D eigenvalue weighted by Gasteiger charge is 2.34. The molecular formula is C47H26F3N5. The number of alkyl halides is 3. The first-order valence-electron chi connectivity index (χ1n) is 17.4. The molecule has 0 aliphatic rings. The Kier molecular flexibility index (Phi) is 7.57. The van der Waals surface area contributed by atoms with E-state index in [1.807, 2.05) is 97.1 Å². The van der Waals surface area contributed by atoms with E-state index in [0.29, 0.717) is 44.9 Å². The molecule has 0 saturated heterocycles. The molecule has 5 nitrogen and oxygen atoms in total. The molecule has 0 amide bonds.